The number of nitrogens with two attached hydrogens (primary N) is 2. The van der Waals surface area contributed by atoms with Crippen molar-refractivity contribution in [2.75, 3.05) is 5.73 Å². The van der Waals surface area contributed by atoms with Gasteiger partial charge in [0.2, 0.25) is 0 Å². The van der Waals surface area contributed by atoms with E-state index in [9.17, 15) is 4.79 Å². The second kappa shape index (κ2) is 3.63. The van der Waals surface area contributed by atoms with Crippen molar-refractivity contribution in [2.45, 2.75) is 18.9 Å². The third-order valence-electron chi connectivity index (χ3n) is 1.89. The summed E-state index contributed by atoms with van der Waals surface area (Å²) in [4.78, 5) is 14.5. The molecule has 5 heteroatoms. The molecule has 0 radical (unpaired) electrons. The number of carboxylic acid groups (broad SMARTS) is 1. The van der Waals surface area contributed by atoms with Crippen LogP contribution in [0.2, 0.25) is 0 Å². The highest BCUT2D eigenvalue weighted by atomic mass is 16.4. The SMILES string of the molecule is C[C@](N)(CC(=O)O)c1ccc(N)cn1. The van der Waals surface area contributed by atoms with Crippen LogP contribution in [0.3, 0.4) is 0 Å². The minimum atomic E-state index is -0.959. The average Bonchev–Trinajstić information content (AvgIpc) is 2.02. The fourth-order valence-corrected chi connectivity index (χ4v) is 1.15. The molecule has 0 spiro atoms. The summed E-state index contributed by atoms with van der Waals surface area (Å²) in [5, 5.41) is 8.63. The molecule has 0 aromatic carbocycles. The molecule has 1 aromatic heterocycles. The van der Waals surface area contributed by atoms with Gasteiger partial charge in [0.25, 0.3) is 0 Å². The van der Waals surface area contributed by atoms with Crippen molar-refractivity contribution in [2.24, 2.45) is 5.73 Å². The molecule has 0 aliphatic rings. The van der Waals surface area contributed by atoms with E-state index in [0.717, 1.165) is 0 Å². The maximum atomic E-state index is 10.5. The zero-order valence-corrected chi connectivity index (χ0v) is 7.90. The van der Waals surface area contributed by atoms with Gasteiger partial charge in [-0.3, -0.25) is 9.78 Å². The van der Waals surface area contributed by atoms with Gasteiger partial charge in [-0.1, -0.05) is 0 Å². The highest BCUT2D eigenvalue weighted by Crippen LogP contribution is 2.19. The van der Waals surface area contributed by atoms with Gasteiger partial charge in [-0.05, 0) is 19.1 Å². The highest BCUT2D eigenvalue weighted by molar-refractivity contribution is 5.68. The first kappa shape index (κ1) is 10.5. The fourth-order valence-electron chi connectivity index (χ4n) is 1.15. The Morgan fingerprint density at radius 1 is 1.64 bits per heavy atom. The van der Waals surface area contributed by atoms with Gasteiger partial charge >= 0.3 is 5.97 Å². The van der Waals surface area contributed by atoms with E-state index in [1.54, 1.807) is 19.1 Å². The van der Waals surface area contributed by atoms with Gasteiger partial charge in [-0.15, -0.1) is 0 Å². The molecule has 14 heavy (non-hydrogen) atoms. The number of aliphatic carboxylic acids is 1. The summed E-state index contributed by atoms with van der Waals surface area (Å²) in [6.45, 7) is 1.62. The molecule has 0 amide bonds. The number of carbonyl (C=O) groups is 1. The Morgan fingerprint density at radius 3 is 2.71 bits per heavy atom. The number of aromatic nitrogens is 1. The van der Waals surface area contributed by atoms with Gasteiger partial charge in [-0.2, -0.15) is 0 Å². The van der Waals surface area contributed by atoms with Crippen molar-refractivity contribution in [3.05, 3.63) is 24.0 Å². The monoisotopic (exact) mass is 195 g/mol. The van der Waals surface area contributed by atoms with E-state index in [4.69, 9.17) is 16.6 Å². The second-order valence-electron chi connectivity index (χ2n) is 3.46. The molecule has 5 N–H and O–H groups in total. The third-order valence-corrected chi connectivity index (χ3v) is 1.89. The Labute approximate surface area is 81.7 Å². The molecule has 0 aliphatic heterocycles. The van der Waals surface area contributed by atoms with E-state index in [-0.39, 0.29) is 6.42 Å². The summed E-state index contributed by atoms with van der Waals surface area (Å²) in [5.74, 6) is -0.950. The number of pyridine rings is 1. The van der Waals surface area contributed by atoms with Crippen molar-refractivity contribution in [1.29, 1.82) is 0 Å². The molecule has 0 bridgehead atoms. The Morgan fingerprint density at radius 2 is 2.29 bits per heavy atom. The minimum absolute atomic E-state index is 0.163. The number of hydrogen-bond acceptors (Lipinski definition) is 4. The van der Waals surface area contributed by atoms with E-state index in [1.807, 2.05) is 0 Å². The van der Waals surface area contributed by atoms with Crippen LogP contribution in [0.1, 0.15) is 19.0 Å². The Hall–Kier alpha value is -1.62. The van der Waals surface area contributed by atoms with Gasteiger partial charge < -0.3 is 16.6 Å². The van der Waals surface area contributed by atoms with Crippen LogP contribution in [0.5, 0.6) is 0 Å². The van der Waals surface area contributed by atoms with Crippen LogP contribution < -0.4 is 11.5 Å². The van der Waals surface area contributed by atoms with Gasteiger partial charge in [0, 0.05) is 0 Å². The standard InChI is InChI=1S/C9H13N3O2/c1-9(11,4-8(13)14)7-3-2-6(10)5-12-7/h2-3,5H,4,10-11H2,1H3,(H,13,14)/t9-/m0/s1. The van der Waals surface area contributed by atoms with E-state index in [2.05, 4.69) is 4.98 Å². The first-order chi connectivity index (χ1) is 6.42. The van der Waals surface area contributed by atoms with Crippen LogP contribution in [0, 0.1) is 0 Å². The molecule has 1 heterocycles. The quantitative estimate of drug-likeness (QED) is 0.644. The van der Waals surface area contributed by atoms with Crippen LogP contribution in [0.4, 0.5) is 5.69 Å². The molecule has 1 aromatic rings. The van der Waals surface area contributed by atoms with Crippen LogP contribution in [0.25, 0.3) is 0 Å². The Balaban J connectivity index is 2.91. The summed E-state index contributed by atoms with van der Waals surface area (Å²) in [5.41, 5.74) is 11.3. The summed E-state index contributed by atoms with van der Waals surface area (Å²) in [6, 6.07) is 3.29. The summed E-state index contributed by atoms with van der Waals surface area (Å²) >= 11 is 0. The van der Waals surface area contributed by atoms with Crippen LogP contribution >= 0.6 is 0 Å². The number of nitrogens with zero attached hydrogens (tertiary/aromatic N) is 1. The molecule has 0 saturated carbocycles. The van der Waals surface area contributed by atoms with E-state index < -0.39 is 11.5 Å². The van der Waals surface area contributed by atoms with E-state index >= 15 is 0 Å². The molecule has 1 atom stereocenters. The number of rotatable bonds is 3. The van der Waals surface area contributed by atoms with Gasteiger partial charge in [0.05, 0.1) is 29.5 Å². The third kappa shape index (κ3) is 2.43. The fraction of sp³-hybridized carbons (Fsp3) is 0.333. The van der Waals surface area contributed by atoms with Crippen molar-refractivity contribution in [3.63, 3.8) is 0 Å². The van der Waals surface area contributed by atoms with Crippen LogP contribution in [0.15, 0.2) is 18.3 Å². The number of nitrogen functional groups attached to an aromatic ring is 1. The molecule has 0 fully saturated rings. The molecule has 5 nitrogen and oxygen atoms in total. The zero-order valence-electron chi connectivity index (χ0n) is 7.90. The average molecular weight is 195 g/mol. The van der Waals surface area contributed by atoms with Crippen molar-refractivity contribution >= 4 is 11.7 Å². The molecule has 0 saturated heterocycles. The van der Waals surface area contributed by atoms with E-state index in [0.29, 0.717) is 11.4 Å². The van der Waals surface area contributed by atoms with Crippen molar-refractivity contribution < 1.29 is 9.90 Å². The smallest absolute Gasteiger partial charge is 0.305 e. The van der Waals surface area contributed by atoms with Crippen molar-refractivity contribution in [3.8, 4) is 0 Å². The summed E-state index contributed by atoms with van der Waals surface area (Å²) < 4.78 is 0. The lowest BCUT2D eigenvalue weighted by Gasteiger charge is -2.21. The molecule has 0 unspecified atom stereocenters. The first-order valence-electron chi connectivity index (χ1n) is 4.14. The lowest BCUT2D eigenvalue weighted by atomic mass is 9.94. The van der Waals surface area contributed by atoms with Gasteiger partial charge in [-0.25, -0.2) is 0 Å². The molecular weight excluding hydrogens is 182 g/mol. The Bertz CT molecular complexity index is 332. The van der Waals surface area contributed by atoms with Gasteiger partial charge in [0.1, 0.15) is 0 Å². The molecule has 0 aliphatic carbocycles. The van der Waals surface area contributed by atoms with Crippen LogP contribution in [-0.4, -0.2) is 16.1 Å². The molecule has 1 rings (SSSR count). The maximum absolute atomic E-state index is 10.5. The van der Waals surface area contributed by atoms with Crippen LogP contribution in [-0.2, 0) is 10.3 Å². The lowest BCUT2D eigenvalue weighted by Crippen LogP contribution is -2.36. The zero-order chi connectivity index (χ0) is 10.8. The predicted molar refractivity (Wildman–Crippen MR) is 52.4 cm³/mol. The summed E-state index contributed by atoms with van der Waals surface area (Å²) in [6.07, 6.45) is 1.30. The topological polar surface area (TPSA) is 102 Å². The van der Waals surface area contributed by atoms with E-state index in [1.165, 1.54) is 6.20 Å². The van der Waals surface area contributed by atoms with Crippen molar-refractivity contribution in [1.82, 2.24) is 4.98 Å². The number of hydrogen-bond donors (Lipinski definition) is 3. The number of carboxylic acids is 1. The molecule has 76 valence electrons. The maximum Gasteiger partial charge on any atom is 0.305 e. The second-order valence-corrected chi connectivity index (χ2v) is 3.46. The minimum Gasteiger partial charge on any atom is -0.481 e. The lowest BCUT2D eigenvalue weighted by molar-refractivity contribution is -0.138. The summed E-state index contributed by atoms with van der Waals surface area (Å²) in [7, 11) is 0. The first-order valence-corrected chi connectivity index (χ1v) is 4.14. The Kier molecular flexibility index (Phi) is 2.71. The normalized spacial score (nSPS) is 14.7. The predicted octanol–water partition coefficient (Wildman–Crippen LogP) is 0.312. The highest BCUT2D eigenvalue weighted by Gasteiger charge is 2.25. The largest absolute Gasteiger partial charge is 0.481 e. The number of anilines is 1. The van der Waals surface area contributed by atoms with Gasteiger partial charge in [0.15, 0.2) is 0 Å². The molecular formula is C9H13N3O2.